The van der Waals surface area contributed by atoms with Crippen molar-refractivity contribution in [2.24, 2.45) is 0 Å². The minimum Gasteiger partial charge on any atom is -0.497 e. The average molecular weight is 342 g/mol. The summed E-state index contributed by atoms with van der Waals surface area (Å²) in [6.45, 7) is 2.58. The molecule has 1 saturated heterocycles. The second kappa shape index (κ2) is 8.21. The van der Waals surface area contributed by atoms with Crippen molar-refractivity contribution in [1.82, 2.24) is 9.80 Å². The molecule has 1 aliphatic heterocycles. The molecule has 2 heterocycles. The highest BCUT2D eigenvalue weighted by Crippen LogP contribution is 2.21. The fourth-order valence-electron chi connectivity index (χ4n) is 3.32. The van der Waals surface area contributed by atoms with Crippen molar-refractivity contribution in [3.8, 4) is 5.75 Å². The highest BCUT2D eigenvalue weighted by molar-refractivity contribution is 5.79. The molecule has 1 aromatic heterocycles. The zero-order valence-corrected chi connectivity index (χ0v) is 15.0. The molecule has 3 rings (SSSR count). The van der Waals surface area contributed by atoms with E-state index in [0.717, 1.165) is 43.0 Å². The zero-order chi connectivity index (χ0) is 17.6. The minimum absolute atomic E-state index is 0.149. The second-order valence-electron chi connectivity index (χ2n) is 6.66. The number of likely N-dealkylation sites (tertiary alicyclic amines) is 1. The average Bonchev–Trinajstić information content (AvgIpc) is 3.14. The molecule has 0 spiro atoms. The Bertz CT molecular complexity index is 659. The number of rotatable bonds is 6. The molecule has 5 heteroatoms. The van der Waals surface area contributed by atoms with Crippen LogP contribution in [-0.2, 0) is 17.8 Å². The molecule has 0 unspecified atom stereocenters. The minimum atomic E-state index is 0.149. The lowest BCUT2D eigenvalue weighted by Crippen LogP contribution is -2.46. The van der Waals surface area contributed by atoms with Crippen LogP contribution in [0, 0.1) is 0 Å². The zero-order valence-electron chi connectivity index (χ0n) is 15.0. The number of piperidine rings is 1. The van der Waals surface area contributed by atoms with Crippen molar-refractivity contribution in [3.63, 3.8) is 0 Å². The first-order valence-corrected chi connectivity index (χ1v) is 8.79. The van der Waals surface area contributed by atoms with Gasteiger partial charge < -0.3 is 19.0 Å². The van der Waals surface area contributed by atoms with Crippen LogP contribution < -0.4 is 4.74 Å². The van der Waals surface area contributed by atoms with Crippen molar-refractivity contribution in [1.29, 1.82) is 0 Å². The predicted molar refractivity (Wildman–Crippen MR) is 96.5 cm³/mol. The third-order valence-corrected chi connectivity index (χ3v) is 4.87. The van der Waals surface area contributed by atoms with E-state index in [1.165, 1.54) is 0 Å². The Morgan fingerprint density at radius 3 is 2.56 bits per heavy atom. The summed E-state index contributed by atoms with van der Waals surface area (Å²) in [6.07, 6.45) is 4.07. The number of ether oxygens (including phenoxy) is 1. The Labute approximate surface area is 149 Å². The lowest BCUT2D eigenvalue weighted by Gasteiger charge is -2.37. The molecule has 0 saturated carbocycles. The van der Waals surface area contributed by atoms with Crippen LogP contribution in [-0.4, -0.2) is 49.0 Å². The summed E-state index contributed by atoms with van der Waals surface area (Å²) in [7, 11) is 3.78. The van der Waals surface area contributed by atoms with Crippen LogP contribution in [0.15, 0.2) is 47.1 Å². The summed E-state index contributed by atoms with van der Waals surface area (Å²) in [6, 6.07) is 11.8. The van der Waals surface area contributed by atoms with Gasteiger partial charge in [-0.25, -0.2) is 0 Å². The van der Waals surface area contributed by atoms with Gasteiger partial charge in [0.25, 0.3) is 0 Å². The summed E-state index contributed by atoms with van der Waals surface area (Å²) in [5.41, 5.74) is 1.00. The number of nitrogens with zero attached hydrogens (tertiary/aromatic N) is 2. The monoisotopic (exact) mass is 342 g/mol. The molecule has 1 aromatic carbocycles. The van der Waals surface area contributed by atoms with E-state index in [4.69, 9.17) is 9.15 Å². The normalized spacial score (nSPS) is 15.9. The van der Waals surface area contributed by atoms with E-state index in [1.54, 1.807) is 13.4 Å². The molecule has 0 atom stereocenters. The van der Waals surface area contributed by atoms with Crippen LogP contribution in [0.4, 0.5) is 0 Å². The Hall–Kier alpha value is -2.27. The summed E-state index contributed by atoms with van der Waals surface area (Å²) in [5, 5.41) is 0. The molecule has 2 aromatic rings. The van der Waals surface area contributed by atoms with Gasteiger partial charge in [-0.1, -0.05) is 12.1 Å². The number of hydrogen-bond acceptors (Lipinski definition) is 4. The van der Waals surface area contributed by atoms with E-state index >= 15 is 0 Å². The van der Waals surface area contributed by atoms with Gasteiger partial charge in [0.2, 0.25) is 5.91 Å². The molecular formula is C20H26N2O3. The Morgan fingerprint density at radius 1 is 1.24 bits per heavy atom. The first-order chi connectivity index (χ1) is 12.2. The summed E-state index contributed by atoms with van der Waals surface area (Å²) in [4.78, 5) is 17.3. The first-order valence-electron chi connectivity index (χ1n) is 8.79. The van der Waals surface area contributed by atoms with Crippen molar-refractivity contribution < 1.29 is 13.9 Å². The standard InChI is InChI=1S/C20H26N2O3/c1-21-11-9-17(10-12-21)22(15-19-4-3-13-25-19)20(23)14-16-5-7-18(24-2)8-6-16/h3-8,13,17H,9-12,14-15H2,1-2H3. The maximum Gasteiger partial charge on any atom is 0.227 e. The van der Waals surface area contributed by atoms with Crippen LogP contribution in [0.25, 0.3) is 0 Å². The molecule has 0 radical (unpaired) electrons. The van der Waals surface area contributed by atoms with Crippen molar-refractivity contribution >= 4 is 5.91 Å². The fraction of sp³-hybridized carbons (Fsp3) is 0.450. The second-order valence-corrected chi connectivity index (χ2v) is 6.66. The Kier molecular flexibility index (Phi) is 5.76. The number of hydrogen-bond donors (Lipinski definition) is 0. The predicted octanol–water partition coefficient (Wildman–Crippen LogP) is 2.95. The number of carbonyl (C=O) groups is 1. The van der Waals surface area contributed by atoms with Gasteiger partial charge in [0.15, 0.2) is 0 Å². The van der Waals surface area contributed by atoms with Crippen molar-refractivity contribution in [2.75, 3.05) is 27.2 Å². The lowest BCUT2D eigenvalue weighted by molar-refractivity contribution is -0.134. The molecule has 0 bridgehead atoms. The van der Waals surface area contributed by atoms with Crippen LogP contribution in [0.1, 0.15) is 24.2 Å². The summed E-state index contributed by atoms with van der Waals surface area (Å²) >= 11 is 0. The number of amides is 1. The Morgan fingerprint density at radius 2 is 1.96 bits per heavy atom. The largest absolute Gasteiger partial charge is 0.497 e. The topological polar surface area (TPSA) is 45.9 Å². The van der Waals surface area contributed by atoms with Crippen LogP contribution in [0.3, 0.4) is 0 Å². The van der Waals surface area contributed by atoms with E-state index in [0.29, 0.717) is 13.0 Å². The van der Waals surface area contributed by atoms with Gasteiger partial charge in [-0.15, -0.1) is 0 Å². The molecule has 0 N–H and O–H groups in total. The molecular weight excluding hydrogens is 316 g/mol. The van der Waals surface area contributed by atoms with Gasteiger partial charge in [0.1, 0.15) is 11.5 Å². The molecule has 0 aliphatic carbocycles. The third-order valence-electron chi connectivity index (χ3n) is 4.87. The maximum atomic E-state index is 13.0. The van der Waals surface area contributed by atoms with Crippen molar-refractivity contribution in [3.05, 3.63) is 54.0 Å². The van der Waals surface area contributed by atoms with E-state index in [1.807, 2.05) is 41.3 Å². The highest BCUT2D eigenvalue weighted by Gasteiger charge is 2.27. The SMILES string of the molecule is COc1ccc(CC(=O)N(Cc2ccco2)C2CCN(C)CC2)cc1. The van der Waals surface area contributed by atoms with Gasteiger partial charge in [-0.05, 0) is 62.8 Å². The van der Waals surface area contributed by atoms with Gasteiger partial charge in [0.05, 0.1) is 26.3 Å². The number of furan rings is 1. The number of methoxy groups -OCH3 is 1. The first kappa shape index (κ1) is 17.5. The van der Waals surface area contributed by atoms with E-state index in [9.17, 15) is 4.79 Å². The lowest BCUT2D eigenvalue weighted by atomic mass is 10.0. The van der Waals surface area contributed by atoms with E-state index < -0.39 is 0 Å². The van der Waals surface area contributed by atoms with Gasteiger partial charge in [-0.3, -0.25) is 4.79 Å². The number of carbonyl (C=O) groups excluding carboxylic acids is 1. The molecule has 134 valence electrons. The summed E-state index contributed by atoms with van der Waals surface area (Å²) in [5.74, 6) is 1.79. The third kappa shape index (κ3) is 4.63. The highest BCUT2D eigenvalue weighted by atomic mass is 16.5. The van der Waals surface area contributed by atoms with E-state index in [-0.39, 0.29) is 11.9 Å². The van der Waals surface area contributed by atoms with Gasteiger partial charge in [0, 0.05) is 6.04 Å². The van der Waals surface area contributed by atoms with Crippen molar-refractivity contribution in [2.45, 2.75) is 31.8 Å². The molecule has 1 amide bonds. The molecule has 25 heavy (non-hydrogen) atoms. The summed E-state index contributed by atoms with van der Waals surface area (Å²) < 4.78 is 10.7. The van der Waals surface area contributed by atoms with Crippen LogP contribution in [0.5, 0.6) is 5.75 Å². The molecule has 1 fully saturated rings. The molecule has 1 aliphatic rings. The fourth-order valence-corrected chi connectivity index (χ4v) is 3.32. The number of benzene rings is 1. The maximum absolute atomic E-state index is 13.0. The van der Waals surface area contributed by atoms with Gasteiger partial charge in [-0.2, -0.15) is 0 Å². The van der Waals surface area contributed by atoms with E-state index in [2.05, 4.69) is 11.9 Å². The van der Waals surface area contributed by atoms with Crippen LogP contribution in [0.2, 0.25) is 0 Å². The van der Waals surface area contributed by atoms with Gasteiger partial charge >= 0.3 is 0 Å². The van der Waals surface area contributed by atoms with Crippen LogP contribution >= 0.6 is 0 Å². The molecule has 5 nitrogen and oxygen atoms in total. The smallest absolute Gasteiger partial charge is 0.227 e. The quantitative estimate of drug-likeness (QED) is 0.810. The Balaban J connectivity index is 1.71.